The SMILES string of the molecule is Cc1noc(C)c1CNC(=O)C1CCCC(C(=O)O)C1. The second kappa shape index (κ2) is 6.07. The highest BCUT2D eigenvalue weighted by Crippen LogP contribution is 2.29. The molecule has 6 nitrogen and oxygen atoms in total. The smallest absolute Gasteiger partial charge is 0.306 e. The summed E-state index contributed by atoms with van der Waals surface area (Å²) >= 11 is 0. The van der Waals surface area contributed by atoms with Crippen LogP contribution >= 0.6 is 0 Å². The molecule has 2 rings (SSSR count). The highest BCUT2D eigenvalue weighted by molar-refractivity contribution is 5.80. The minimum absolute atomic E-state index is 0.0732. The van der Waals surface area contributed by atoms with Crippen molar-refractivity contribution in [3.8, 4) is 0 Å². The van der Waals surface area contributed by atoms with Gasteiger partial charge in [-0.25, -0.2) is 0 Å². The average Bonchev–Trinajstić information content (AvgIpc) is 2.75. The number of carbonyl (C=O) groups excluding carboxylic acids is 1. The molecule has 1 saturated carbocycles. The van der Waals surface area contributed by atoms with Gasteiger partial charge < -0.3 is 14.9 Å². The molecule has 2 N–H and O–H groups in total. The van der Waals surface area contributed by atoms with Crippen molar-refractivity contribution in [3.63, 3.8) is 0 Å². The number of carboxylic acid groups (broad SMARTS) is 1. The Morgan fingerprint density at radius 1 is 1.35 bits per heavy atom. The molecule has 1 amide bonds. The molecule has 1 aromatic heterocycles. The molecular formula is C14H20N2O4. The number of aryl methyl sites for hydroxylation is 2. The molecule has 1 aliphatic rings. The Morgan fingerprint density at radius 3 is 2.65 bits per heavy atom. The van der Waals surface area contributed by atoms with Crippen molar-refractivity contribution in [2.75, 3.05) is 0 Å². The predicted molar refractivity (Wildman–Crippen MR) is 70.9 cm³/mol. The lowest BCUT2D eigenvalue weighted by atomic mass is 9.81. The summed E-state index contributed by atoms with van der Waals surface area (Å²) < 4.78 is 5.04. The average molecular weight is 280 g/mol. The van der Waals surface area contributed by atoms with E-state index in [9.17, 15) is 9.59 Å². The molecule has 0 spiro atoms. The highest BCUT2D eigenvalue weighted by atomic mass is 16.5. The van der Waals surface area contributed by atoms with Gasteiger partial charge in [-0.3, -0.25) is 9.59 Å². The summed E-state index contributed by atoms with van der Waals surface area (Å²) in [5.41, 5.74) is 1.67. The fourth-order valence-corrected chi connectivity index (χ4v) is 2.73. The number of rotatable bonds is 4. The molecule has 20 heavy (non-hydrogen) atoms. The van der Waals surface area contributed by atoms with Crippen LogP contribution in [0, 0.1) is 25.7 Å². The van der Waals surface area contributed by atoms with Gasteiger partial charge in [-0.1, -0.05) is 11.6 Å². The second-order valence-electron chi connectivity index (χ2n) is 5.42. The van der Waals surface area contributed by atoms with Crippen LogP contribution in [0.2, 0.25) is 0 Å². The van der Waals surface area contributed by atoms with Gasteiger partial charge in [0.2, 0.25) is 5.91 Å². The van der Waals surface area contributed by atoms with Gasteiger partial charge in [0.05, 0.1) is 11.6 Å². The molecule has 1 fully saturated rings. The van der Waals surface area contributed by atoms with Crippen LogP contribution in [0.25, 0.3) is 0 Å². The number of carboxylic acids is 1. The number of aliphatic carboxylic acids is 1. The van der Waals surface area contributed by atoms with Crippen LogP contribution in [0.5, 0.6) is 0 Å². The number of nitrogens with one attached hydrogen (secondary N) is 1. The van der Waals surface area contributed by atoms with Gasteiger partial charge in [0.15, 0.2) is 0 Å². The zero-order chi connectivity index (χ0) is 14.7. The molecule has 0 aromatic carbocycles. The Morgan fingerprint density at radius 2 is 2.05 bits per heavy atom. The highest BCUT2D eigenvalue weighted by Gasteiger charge is 2.31. The number of amides is 1. The standard InChI is InChI=1S/C14H20N2O4/c1-8-12(9(2)20-16-8)7-15-13(17)10-4-3-5-11(6-10)14(18)19/h10-11H,3-7H2,1-2H3,(H,15,17)(H,18,19). The van der Waals surface area contributed by atoms with Crippen molar-refractivity contribution < 1.29 is 19.2 Å². The monoisotopic (exact) mass is 280 g/mol. The Balaban J connectivity index is 1.90. The van der Waals surface area contributed by atoms with E-state index in [2.05, 4.69) is 10.5 Å². The maximum absolute atomic E-state index is 12.1. The summed E-state index contributed by atoms with van der Waals surface area (Å²) in [4.78, 5) is 23.1. The topological polar surface area (TPSA) is 92.4 Å². The summed E-state index contributed by atoms with van der Waals surface area (Å²) in [6, 6.07) is 0. The molecule has 0 radical (unpaired) electrons. The quantitative estimate of drug-likeness (QED) is 0.877. The first kappa shape index (κ1) is 14.6. The number of aromatic nitrogens is 1. The number of hydrogen-bond acceptors (Lipinski definition) is 4. The van der Waals surface area contributed by atoms with E-state index in [1.54, 1.807) is 0 Å². The minimum Gasteiger partial charge on any atom is -0.481 e. The molecule has 6 heteroatoms. The lowest BCUT2D eigenvalue weighted by Gasteiger charge is -2.25. The van der Waals surface area contributed by atoms with Crippen molar-refractivity contribution in [2.45, 2.75) is 46.1 Å². The maximum Gasteiger partial charge on any atom is 0.306 e. The molecule has 110 valence electrons. The molecule has 0 bridgehead atoms. The number of carbonyl (C=O) groups is 2. The molecule has 1 aliphatic carbocycles. The first-order valence-electron chi connectivity index (χ1n) is 6.91. The Bertz CT molecular complexity index is 490. The van der Waals surface area contributed by atoms with E-state index in [-0.39, 0.29) is 11.8 Å². The van der Waals surface area contributed by atoms with Crippen molar-refractivity contribution in [3.05, 3.63) is 17.0 Å². The zero-order valence-electron chi connectivity index (χ0n) is 11.8. The minimum atomic E-state index is -0.798. The Hall–Kier alpha value is -1.85. The van der Waals surface area contributed by atoms with Gasteiger partial charge >= 0.3 is 5.97 Å². The van der Waals surface area contributed by atoms with Gasteiger partial charge in [0.1, 0.15) is 5.76 Å². The van der Waals surface area contributed by atoms with E-state index in [4.69, 9.17) is 9.63 Å². The normalized spacial score (nSPS) is 22.5. The van der Waals surface area contributed by atoms with Crippen molar-refractivity contribution in [2.24, 2.45) is 11.8 Å². The first-order chi connectivity index (χ1) is 9.49. The molecule has 0 aliphatic heterocycles. The summed E-state index contributed by atoms with van der Waals surface area (Å²) in [5.74, 6) is -0.761. The third-order valence-electron chi connectivity index (χ3n) is 4.01. The second-order valence-corrected chi connectivity index (χ2v) is 5.42. The van der Waals surface area contributed by atoms with Gasteiger partial charge in [0.25, 0.3) is 0 Å². The third-order valence-corrected chi connectivity index (χ3v) is 4.01. The van der Waals surface area contributed by atoms with Crippen LogP contribution in [0.1, 0.15) is 42.7 Å². The van der Waals surface area contributed by atoms with Crippen LogP contribution in [0.3, 0.4) is 0 Å². The van der Waals surface area contributed by atoms with Crippen LogP contribution in [-0.2, 0) is 16.1 Å². The fraction of sp³-hybridized carbons (Fsp3) is 0.643. The number of nitrogens with zero attached hydrogens (tertiary/aromatic N) is 1. The van der Waals surface area contributed by atoms with Gasteiger partial charge in [-0.05, 0) is 33.1 Å². The van der Waals surface area contributed by atoms with E-state index < -0.39 is 11.9 Å². The molecule has 2 atom stereocenters. The summed E-state index contributed by atoms with van der Waals surface area (Å²) in [6.45, 7) is 4.02. The van der Waals surface area contributed by atoms with Crippen molar-refractivity contribution in [1.29, 1.82) is 0 Å². The van der Waals surface area contributed by atoms with E-state index in [1.807, 2.05) is 13.8 Å². The van der Waals surface area contributed by atoms with Crippen molar-refractivity contribution in [1.82, 2.24) is 10.5 Å². The van der Waals surface area contributed by atoms with Crippen LogP contribution < -0.4 is 5.32 Å². The Labute approximate surface area is 117 Å². The van der Waals surface area contributed by atoms with Gasteiger partial charge in [0, 0.05) is 18.0 Å². The number of hydrogen-bond donors (Lipinski definition) is 2. The lowest BCUT2D eigenvalue weighted by Crippen LogP contribution is -2.35. The Kier molecular flexibility index (Phi) is 4.42. The molecule has 0 saturated heterocycles. The summed E-state index contributed by atoms with van der Waals surface area (Å²) in [5, 5.41) is 15.7. The first-order valence-corrected chi connectivity index (χ1v) is 6.91. The van der Waals surface area contributed by atoms with Gasteiger partial charge in [-0.2, -0.15) is 0 Å². The van der Waals surface area contributed by atoms with Crippen LogP contribution in [0.4, 0.5) is 0 Å². The van der Waals surface area contributed by atoms with E-state index in [0.29, 0.717) is 25.1 Å². The third kappa shape index (κ3) is 3.18. The van der Waals surface area contributed by atoms with Gasteiger partial charge in [-0.15, -0.1) is 0 Å². The van der Waals surface area contributed by atoms with Crippen molar-refractivity contribution >= 4 is 11.9 Å². The van der Waals surface area contributed by atoms with Crippen LogP contribution in [0.15, 0.2) is 4.52 Å². The largest absolute Gasteiger partial charge is 0.481 e. The zero-order valence-corrected chi connectivity index (χ0v) is 11.8. The maximum atomic E-state index is 12.1. The van der Waals surface area contributed by atoms with E-state index in [1.165, 1.54) is 0 Å². The van der Waals surface area contributed by atoms with E-state index >= 15 is 0 Å². The molecule has 1 aromatic rings. The summed E-state index contributed by atoms with van der Waals surface area (Å²) in [7, 11) is 0. The molecule has 1 heterocycles. The fourth-order valence-electron chi connectivity index (χ4n) is 2.73. The lowest BCUT2D eigenvalue weighted by molar-refractivity contribution is -0.144. The molecular weight excluding hydrogens is 260 g/mol. The van der Waals surface area contributed by atoms with E-state index in [0.717, 1.165) is 24.1 Å². The van der Waals surface area contributed by atoms with Crippen LogP contribution in [-0.4, -0.2) is 22.1 Å². The summed E-state index contributed by atoms with van der Waals surface area (Å²) in [6.07, 6.45) is 2.66. The molecule has 2 unspecified atom stereocenters. The predicted octanol–water partition coefficient (Wildman–Crippen LogP) is 1.80.